The Bertz CT molecular complexity index is 472. The lowest BCUT2D eigenvalue weighted by molar-refractivity contribution is -0.150. The van der Waals surface area contributed by atoms with E-state index in [0.29, 0.717) is 25.9 Å². The van der Waals surface area contributed by atoms with E-state index in [9.17, 15) is 9.90 Å². The Kier molecular flexibility index (Phi) is 4.08. The van der Waals surface area contributed by atoms with Gasteiger partial charge in [0.05, 0.1) is 11.1 Å². The van der Waals surface area contributed by atoms with Crippen molar-refractivity contribution < 1.29 is 14.6 Å². The number of nitrogens with one attached hydrogen (secondary N) is 1. The van der Waals surface area contributed by atoms with E-state index in [4.69, 9.17) is 10.5 Å². The maximum Gasteiger partial charge on any atom is 0.410 e. The van der Waals surface area contributed by atoms with E-state index in [2.05, 4.69) is 33.0 Å². The number of amides is 1. The van der Waals surface area contributed by atoms with Gasteiger partial charge in [0.2, 0.25) is 0 Å². The molecule has 0 atom stereocenters. The van der Waals surface area contributed by atoms with Crippen molar-refractivity contribution in [3.05, 3.63) is 0 Å². The van der Waals surface area contributed by atoms with E-state index >= 15 is 0 Å². The maximum atomic E-state index is 12.1. The zero-order chi connectivity index (χ0) is 17.9. The molecule has 0 radical (unpaired) electrons. The molecule has 0 aromatic carbocycles. The lowest BCUT2D eigenvalue weighted by Crippen LogP contribution is -2.82. The molecule has 23 heavy (non-hydrogen) atoms. The lowest BCUT2D eigenvalue weighted by Gasteiger charge is -2.61. The van der Waals surface area contributed by atoms with Crippen LogP contribution in [-0.4, -0.2) is 57.0 Å². The Morgan fingerprint density at radius 3 is 1.96 bits per heavy atom. The quantitative estimate of drug-likeness (QED) is 0.681. The van der Waals surface area contributed by atoms with Crippen LogP contribution in [0, 0.1) is 0 Å². The van der Waals surface area contributed by atoms with Gasteiger partial charge in [-0.15, -0.1) is 0 Å². The summed E-state index contributed by atoms with van der Waals surface area (Å²) >= 11 is 0. The van der Waals surface area contributed by atoms with Crippen molar-refractivity contribution in [3.63, 3.8) is 0 Å². The highest BCUT2D eigenvalue weighted by atomic mass is 16.6. The number of carbonyl (C=O) groups excluding carboxylic acids is 1. The monoisotopic (exact) mass is 327 g/mol. The van der Waals surface area contributed by atoms with Gasteiger partial charge in [-0.25, -0.2) is 4.79 Å². The Balaban J connectivity index is 2.09. The number of rotatable bonds is 1. The molecule has 0 bridgehead atoms. The summed E-state index contributed by atoms with van der Waals surface area (Å²) in [5.41, 5.74) is 3.76. The minimum Gasteiger partial charge on any atom is -0.444 e. The van der Waals surface area contributed by atoms with Crippen molar-refractivity contribution in [1.29, 1.82) is 0 Å². The second kappa shape index (κ2) is 5.07. The number of piperidine rings is 1. The minimum absolute atomic E-state index is 0.213. The molecular formula is C17H33N3O3. The van der Waals surface area contributed by atoms with Gasteiger partial charge in [-0.3, -0.25) is 0 Å². The van der Waals surface area contributed by atoms with Gasteiger partial charge in [0.1, 0.15) is 5.60 Å². The van der Waals surface area contributed by atoms with E-state index in [1.54, 1.807) is 4.90 Å². The van der Waals surface area contributed by atoms with Crippen LogP contribution in [0.2, 0.25) is 0 Å². The summed E-state index contributed by atoms with van der Waals surface area (Å²) in [5, 5.41) is 14.9. The number of nitrogens with two attached hydrogens (primary N) is 1. The number of likely N-dealkylation sites (tertiary alicyclic amines) is 1. The number of hydrogen-bond donors (Lipinski definition) is 3. The van der Waals surface area contributed by atoms with Crippen LogP contribution in [0.5, 0.6) is 0 Å². The van der Waals surface area contributed by atoms with Gasteiger partial charge < -0.3 is 25.8 Å². The Labute approximate surface area is 139 Å². The van der Waals surface area contributed by atoms with Gasteiger partial charge in [0, 0.05) is 24.2 Å². The van der Waals surface area contributed by atoms with E-state index in [1.807, 2.05) is 20.8 Å². The molecule has 0 saturated carbocycles. The van der Waals surface area contributed by atoms with Crippen LogP contribution in [0.4, 0.5) is 4.79 Å². The zero-order valence-electron chi connectivity index (χ0n) is 15.6. The first-order chi connectivity index (χ1) is 10.1. The van der Waals surface area contributed by atoms with Crippen molar-refractivity contribution in [1.82, 2.24) is 10.2 Å². The second-order valence-corrected chi connectivity index (χ2v) is 9.77. The molecule has 1 amide bonds. The average Bonchev–Trinajstić information content (AvgIpc) is 2.15. The summed E-state index contributed by atoms with van der Waals surface area (Å²) in [5.74, 6) is 0. The molecule has 2 aliphatic heterocycles. The molecule has 2 fully saturated rings. The summed E-state index contributed by atoms with van der Waals surface area (Å²) in [6.45, 7) is 14.5. The van der Waals surface area contributed by atoms with Crippen LogP contribution in [0.15, 0.2) is 0 Å². The van der Waals surface area contributed by atoms with Gasteiger partial charge in [-0.1, -0.05) is 0 Å². The van der Waals surface area contributed by atoms with Crippen LogP contribution in [0.1, 0.15) is 61.3 Å². The molecule has 6 nitrogen and oxygen atoms in total. The Morgan fingerprint density at radius 1 is 1.13 bits per heavy atom. The molecule has 0 aliphatic carbocycles. The SMILES string of the molecule is CC1(C)CC(O)(C2(N)CN(C(=O)OC(C)(C)C)C2)CC(C)(C)N1. The van der Waals surface area contributed by atoms with E-state index in [1.165, 1.54) is 0 Å². The van der Waals surface area contributed by atoms with Crippen molar-refractivity contribution in [3.8, 4) is 0 Å². The fraction of sp³-hybridized carbons (Fsp3) is 0.941. The molecule has 2 rings (SSSR count). The molecule has 0 aromatic heterocycles. The number of hydrogen-bond acceptors (Lipinski definition) is 5. The van der Waals surface area contributed by atoms with Crippen LogP contribution in [-0.2, 0) is 4.74 Å². The lowest BCUT2D eigenvalue weighted by atomic mass is 9.62. The zero-order valence-corrected chi connectivity index (χ0v) is 15.6. The van der Waals surface area contributed by atoms with E-state index < -0.39 is 16.7 Å². The summed E-state index contributed by atoms with van der Waals surface area (Å²) in [6.07, 6.45) is 0.749. The minimum atomic E-state index is -1.01. The third-order valence-electron chi connectivity index (χ3n) is 4.67. The van der Waals surface area contributed by atoms with E-state index in [-0.39, 0.29) is 17.2 Å². The summed E-state index contributed by atoms with van der Waals surface area (Å²) < 4.78 is 5.37. The van der Waals surface area contributed by atoms with Crippen LogP contribution >= 0.6 is 0 Å². The molecule has 0 aromatic rings. The second-order valence-electron chi connectivity index (χ2n) is 9.77. The number of aliphatic hydroxyl groups is 1. The van der Waals surface area contributed by atoms with Gasteiger partial charge >= 0.3 is 6.09 Å². The van der Waals surface area contributed by atoms with E-state index in [0.717, 1.165) is 0 Å². The van der Waals surface area contributed by atoms with Crippen molar-refractivity contribution in [2.75, 3.05) is 13.1 Å². The molecule has 6 heteroatoms. The van der Waals surface area contributed by atoms with Crippen LogP contribution in [0.25, 0.3) is 0 Å². The first kappa shape index (κ1) is 18.5. The maximum absolute atomic E-state index is 12.1. The summed E-state index contributed by atoms with van der Waals surface area (Å²) in [4.78, 5) is 13.7. The summed E-state index contributed by atoms with van der Waals surface area (Å²) in [6, 6.07) is 0. The highest BCUT2D eigenvalue weighted by Gasteiger charge is 2.61. The van der Waals surface area contributed by atoms with Crippen molar-refractivity contribution in [2.45, 2.75) is 89.1 Å². The molecule has 0 spiro atoms. The van der Waals surface area contributed by atoms with Gasteiger partial charge in [-0.05, 0) is 61.3 Å². The predicted molar refractivity (Wildman–Crippen MR) is 90.2 cm³/mol. The Hall–Kier alpha value is -0.850. The normalized spacial score (nSPS) is 28.0. The number of ether oxygens (including phenoxy) is 1. The highest BCUT2D eigenvalue weighted by molar-refractivity contribution is 5.70. The standard InChI is InChI=1S/C17H33N3O3/c1-13(2,3)23-12(21)20-10-16(18,11-20)17(22)8-14(4,5)19-15(6,7)9-17/h19,22H,8-11,18H2,1-7H3. The molecule has 2 heterocycles. The third kappa shape index (κ3) is 3.80. The van der Waals surface area contributed by atoms with Gasteiger partial charge in [0.15, 0.2) is 0 Å². The molecule has 134 valence electrons. The largest absolute Gasteiger partial charge is 0.444 e. The Morgan fingerprint density at radius 2 is 1.57 bits per heavy atom. The third-order valence-corrected chi connectivity index (χ3v) is 4.67. The van der Waals surface area contributed by atoms with Crippen LogP contribution in [0.3, 0.4) is 0 Å². The molecule has 2 aliphatic rings. The fourth-order valence-corrected chi connectivity index (χ4v) is 4.27. The van der Waals surface area contributed by atoms with Crippen molar-refractivity contribution in [2.24, 2.45) is 5.73 Å². The molecular weight excluding hydrogens is 294 g/mol. The molecule has 0 unspecified atom stereocenters. The topological polar surface area (TPSA) is 87.8 Å². The first-order valence-electron chi connectivity index (χ1n) is 8.35. The van der Waals surface area contributed by atoms with Crippen molar-refractivity contribution >= 4 is 6.09 Å². The average molecular weight is 327 g/mol. The highest BCUT2D eigenvalue weighted by Crippen LogP contribution is 2.44. The number of nitrogens with zero attached hydrogens (tertiary/aromatic N) is 1. The fourth-order valence-electron chi connectivity index (χ4n) is 4.27. The predicted octanol–water partition coefficient (Wildman–Crippen LogP) is 1.61. The summed E-state index contributed by atoms with van der Waals surface area (Å²) in [7, 11) is 0. The van der Waals surface area contributed by atoms with Gasteiger partial charge in [-0.2, -0.15) is 0 Å². The smallest absolute Gasteiger partial charge is 0.410 e. The first-order valence-corrected chi connectivity index (χ1v) is 8.35. The molecule has 4 N–H and O–H groups in total. The number of carbonyl (C=O) groups is 1. The van der Waals surface area contributed by atoms with Gasteiger partial charge in [0.25, 0.3) is 0 Å². The molecule has 2 saturated heterocycles. The van der Waals surface area contributed by atoms with Crippen LogP contribution < -0.4 is 11.1 Å².